The maximum Gasteiger partial charge on any atom is 0.259 e. The standard InChI is InChI=1S/C13H20N2O4S/c1-3-9-7-8-13(9,14-11(16)4-2)12(17)15-20(18,19)10-5-6-10/h3,9-10H,1,4-8H2,2H3,(H,14,16)(H,15,17). The molecule has 6 nitrogen and oxygen atoms in total. The average molecular weight is 300 g/mol. The van der Waals surface area contributed by atoms with Crippen LogP contribution in [0.15, 0.2) is 12.7 Å². The van der Waals surface area contributed by atoms with Gasteiger partial charge < -0.3 is 5.32 Å². The normalized spacial score (nSPS) is 29.1. The first-order chi connectivity index (χ1) is 9.35. The van der Waals surface area contributed by atoms with Crippen LogP contribution in [0.25, 0.3) is 0 Å². The zero-order valence-corrected chi connectivity index (χ0v) is 12.3. The number of amides is 2. The van der Waals surface area contributed by atoms with Gasteiger partial charge in [0.1, 0.15) is 5.54 Å². The molecule has 2 saturated carbocycles. The summed E-state index contributed by atoms with van der Waals surface area (Å²) in [5.74, 6) is -1.13. The van der Waals surface area contributed by atoms with Gasteiger partial charge in [0, 0.05) is 12.3 Å². The molecule has 0 aliphatic heterocycles. The van der Waals surface area contributed by atoms with E-state index in [9.17, 15) is 18.0 Å². The molecule has 0 saturated heterocycles. The van der Waals surface area contributed by atoms with E-state index in [1.807, 2.05) is 0 Å². The lowest BCUT2D eigenvalue weighted by Gasteiger charge is -2.46. The number of hydrogen-bond acceptors (Lipinski definition) is 4. The third kappa shape index (κ3) is 2.59. The van der Waals surface area contributed by atoms with E-state index in [0.29, 0.717) is 25.7 Å². The van der Waals surface area contributed by atoms with Crippen LogP contribution in [0.4, 0.5) is 0 Å². The Morgan fingerprint density at radius 3 is 2.40 bits per heavy atom. The van der Waals surface area contributed by atoms with Gasteiger partial charge in [-0.2, -0.15) is 0 Å². The lowest BCUT2D eigenvalue weighted by atomic mass is 9.66. The SMILES string of the molecule is C=CC1CCC1(NC(=O)CC)C(=O)NS(=O)(=O)C1CC1. The first kappa shape index (κ1) is 15.0. The lowest BCUT2D eigenvalue weighted by Crippen LogP contribution is -2.68. The van der Waals surface area contributed by atoms with Crippen LogP contribution in [-0.4, -0.2) is 31.0 Å². The van der Waals surface area contributed by atoms with E-state index >= 15 is 0 Å². The molecule has 0 bridgehead atoms. The van der Waals surface area contributed by atoms with Crippen LogP contribution < -0.4 is 10.0 Å². The van der Waals surface area contributed by atoms with Gasteiger partial charge in [0.2, 0.25) is 15.9 Å². The molecule has 2 atom stereocenters. The van der Waals surface area contributed by atoms with Crippen molar-refractivity contribution in [1.82, 2.24) is 10.0 Å². The molecule has 0 aromatic rings. The second-order valence-electron chi connectivity index (χ2n) is 5.43. The highest BCUT2D eigenvalue weighted by molar-refractivity contribution is 7.90. The van der Waals surface area contributed by atoms with Crippen molar-refractivity contribution in [2.75, 3.05) is 0 Å². The number of carbonyl (C=O) groups is 2. The molecule has 0 spiro atoms. The van der Waals surface area contributed by atoms with Gasteiger partial charge in [-0.25, -0.2) is 8.42 Å². The van der Waals surface area contributed by atoms with Gasteiger partial charge in [-0.05, 0) is 25.7 Å². The zero-order valence-electron chi connectivity index (χ0n) is 11.5. The molecular weight excluding hydrogens is 280 g/mol. The van der Waals surface area contributed by atoms with Gasteiger partial charge in [0.05, 0.1) is 5.25 Å². The topological polar surface area (TPSA) is 92.3 Å². The summed E-state index contributed by atoms with van der Waals surface area (Å²) in [5.41, 5.74) is -1.16. The minimum Gasteiger partial charge on any atom is -0.341 e. The zero-order chi connectivity index (χ0) is 15.0. The van der Waals surface area contributed by atoms with Crippen LogP contribution in [0, 0.1) is 5.92 Å². The Morgan fingerprint density at radius 2 is 2.00 bits per heavy atom. The van der Waals surface area contributed by atoms with Crippen molar-refractivity contribution >= 4 is 21.8 Å². The molecule has 20 heavy (non-hydrogen) atoms. The van der Waals surface area contributed by atoms with E-state index in [4.69, 9.17) is 0 Å². The molecule has 0 radical (unpaired) electrons. The van der Waals surface area contributed by atoms with Crippen molar-refractivity contribution in [2.24, 2.45) is 5.92 Å². The van der Waals surface area contributed by atoms with E-state index in [2.05, 4.69) is 16.6 Å². The summed E-state index contributed by atoms with van der Waals surface area (Å²) in [6, 6.07) is 0. The summed E-state index contributed by atoms with van der Waals surface area (Å²) >= 11 is 0. The monoisotopic (exact) mass is 300 g/mol. The van der Waals surface area contributed by atoms with Crippen molar-refractivity contribution < 1.29 is 18.0 Å². The van der Waals surface area contributed by atoms with Gasteiger partial charge >= 0.3 is 0 Å². The Morgan fingerprint density at radius 1 is 1.35 bits per heavy atom. The third-order valence-electron chi connectivity index (χ3n) is 4.05. The van der Waals surface area contributed by atoms with Crippen LogP contribution in [0.5, 0.6) is 0 Å². The molecule has 0 heterocycles. The first-order valence-corrected chi connectivity index (χ1v) is 8.40. The van der Waals surface area contributed by atoms with Gasteiger partial charge in [-0.3, -0.25) is 14.3 Å². The maximum atomic E-state index is 12.4. The average Bonchev–Trinajstić information content (AvgIpc) is 3.18. The fourth-order valence-corrected chi connectivity index (χ4v) is 3.80. The number of nitrogens with one attached hydrogen (secondary N) is 2. The second kappa shape index (κ2) is 5.20. The van der Waals surface area contributed by atoms with Crippen molar-refractivity contribution in [3.63, 3.8) is 0 Å². The summed E-state index contributed by atoms with van der Waals surface area (Å²) in [4.78, 5) is 24.0. The highest BCUT2D eigenvalue weighted by Gasteiger charge is 2.54. The fourth-order valence-electron chi connectivity index (χ4n) is 2.43. The molecule has 2 aliphatic rings. The fraction of sp³-hybridized carbons (Fsp3) is 0.692. The third-order valence-corrected chi connectivity index (χ3v) is 5.87. The van der Waals surface area contributed by atoms with Crippen LogP contribution in [0.1, 0.15) is 39.0 Å². The molecule has 112 valence electrons. The van der Waals surface area contributed by atoms with Crippen LogP contribution in [0.3, 0.4) is 0 Å². The molecule has 2 rings (SSSR count). The van der Waals surface area contributed by atoms with E-state index in [1.165, 1.54) is 0 Å². The van der Waals surface area contributed by atoms with Gasteiger partial charge in [-0.15, -0.1) is 6.58 Å². The Hall–Kier alpha value is -1.37. The molecular formula is C13H20N2O4S. The van der Waals surface area contributed by atoms with Crippen molar-refractivity contribution in [2.45, 2.75) is 49.8 Å². The maximum absolute atomic E-state index is 12.4. The number of rotatable bonds is 6. The molecule has 2 fully saturated rings. The van der Waals surface area contributed by atoms with Gasteiger partial charge in [0.15, 0.2) is 0 Å². The largest absolute Gasteiger partial charge is 0.341 e. The summed E-state index contributed by atoms with van der Waals surface area (Å²) in [5, 5.41) is 2.21. The Labute approximate surface area is 119 Å². The molecule has 0 aromatic heterocycles. The first-order valence-electron chi connectivity index (χ1n) is 6.85. The number of sulfonamides is 1. The molecule has 0 aromatic carbocycles. The predicted molar refractivity (Wildman–Crippen MR) is 74.2 cm³/mol. The molecule has 2 unspecified atom stereocenters. The molecule has 2 aliphatic carbocycles. The highest BCUT2D eigenvalue weighted by atomic mass is 32.2. The molecule has 2 N–H and O–H groups in total. The molecule has 2 amide bonds. The minimum absolute atomic E-state index is 0.229. The van der Waals surface area contributed by atoms with Crippen molar-refractivity contribution in [1.29, 1.82) is 0 Å². The van der Waals surface area contributed by atoms with Crippen LogP contribution >= 0.6 is 0 Å². The van der Waals surface area contributed by atoms with Gasteiger partial charge in [-0.1, -0.05) is 13.0 Å². The highest BCUT2D eigenvalue weighted by Crippen LogP contribution is 2.40. The van der Waals surface area contributed by atoms with Crippen molar-refractivity contribution in [3.05, 3.63) is 12.7 Å². The van der Waals surface area contributed by atoms with E-state index in [1.54, 1.807) is 13.0 Å². The smallest absolute Gasteiger partial charge is 0.259 e. The summed E-state index contributed by atoms with van der Waals surface area (Å²) in [6.07, 6.45) is 4.16. The summed E-state index contributed by atoms with van der Waals surface area (Å²) < 4.78 is 25.9. The van der Waals surface area contributed by atoms with E-state index < -0.39 is 26.7 Å². The summed E-state index contributed by atoms with van der Waals surface area (Å²) in [7, 11) is -3.60. The van der Waals surface area contributed by atoms with E-state index in [0.717, 1.165) is 0 Å². The Balaban J connectivity index is 2.16. The summed E-state index contributed by atoms with van der Waals surface area (Å²) in [6.45, 7) is 5.34. The Bertz CT molecular complexity index is 539. The number of hydrogen-bond donors (Lipinski definition) is 2. The Kier molecular flexibility index (Phi) is 3.90. The second-order valence-corrected chi connectivity index (χ2v) is 7.39. The molecule has 7 heteroatoms. The number of carbonyl (C=O) groups excluding carboxylic acids is 2. The minimum atomic E-state index is -3.60. The van der Waals surface area contributed by atoms with Crippen LogP contribution in [-0.2, 0) is 19.6 Å². The quantitative estimate of drug-likeness (QED) is 0.697. The van der Waals surface area contributed by atoms with Gasteiger partial charge in [0.25, 0.3) is 5.91 Å². The van der Waals surface area contributed by atoms with E-state index in [-0.39, 0.29) is 18.2 Å². The van der Waals surface area contributed by atoms with Crippen molar-refractivity contribution in [3.8, 4) is 0 Å². The van der Waals surface area contributed by atoms with Crippen LogP contribution in [0.2, 0.25) is 0 Å². The lowest BCUT2D eigenvalue weighted by molar-refractivity contribution is -0.138. The predicted octanol–water partition coefficient (Wildman–Crippen LogP) is 0.456.